The molecule has 1 fully saturated rings. The molecule has 1 N–H and O–H groups in total. The normalized spacial score (nSPS) is 20.7. The van der Waals surface area contributed by atoms with E-state index >= 15 is 0 Å². The minimum Gasteiger partial charge on any atom is -0.343 e. The fourth-order valence-corrected chi connectivity index (χ4v) is 8.02. The van der Waals surface area contributed by atoms with Gasteiger partial charge in [-0.15, -0.1) is 0 Å². The lowest BCUT2D eigenvalue weighted by atomic mass is 10.1. The number of amides is 1. The molecule has 156 valence electrons. The minimum atomic E-state index is -1.19. The van der Waals surface area contributed by atoms with Gasteiger partial charge in [-0.1, -0.05) is 19.1 Å². The number of nitrogens with zero attached hydrogens (tertiary/aromatic N) is 6. The van der Waals surface area contributed by atoms with Gasteiger partial charge < -0.3 is 15.1 Å². The van der Waals surface area contributed by atoms with Gasteiger partial charge in [-0.2, -0.15) is 13.7 Å². The van der Waals surface area contributed by atoms with E-state index in [1.165, 1.54) is 23.8 Å². The van der Waals surface area contributed by atoms with Crippen LogP contribution < -0.4 is 15.1 Å². The van der Waals surface area contributed by atoms with Crippen molar-refractivity contribution >= 4 is 59.9 Å². The summed E-state index contributed by atoms with van der Waals surface area (Å²) < 4.78 is 8.63. The molecule has 1 saturated heterocycles. The number of aryl methyl sites for hydroxylation is 1. The van der Waals surface area contributed by atoms with Crippen LogP contribution in [0.1, 0.15) is 12.0 Å². The van der Waals surface area contributed by atoms with Crippen molar-refractivity contribution in [3.63, 3.8) is 0 Å². The highest BCUT2D eigenvalue weighted by Crippen LogP contribution is 2.40. The fraction of sp³-hybridized carbons (Fsp3) is 0.450. The Kier molecular flexibility index (Phi) is 4.51. The van der Waals surface area contributed by atoms with Gasteiger partial charge in [0.2, 0.25) is 11.9 Å². The van der Waals surface area contributed by atoms with Crippen LogP contribution >= 0.6 is 11.7 Å². The number of hydrogen-bond acceptors (Lipinski definition) is 8. The van der Waals surface area contributed by atoms with Crippen LogP contribution in [0.5, 0.6) is 0 Å². The molecule has 0 saturated carbocycles. The number of rotatable bonds is 3. The predicted octanol–water partition coefficient (Wildman–Crippen LogP) is 3.80. The topological polar surface area (TPSA) is 87.1 Å². The molecular weight excluding hydrogens is 414 g/mol. The van der Waals surface area contributed by atoms with Gasteiger partial charge in [-0.05, 0) is 37.1 Å². The first kappa shape index (κ1) is 19.4. The zero-order valence-corrected chi connectivity index (χ0v) is 19.5. The molecule has 0 spiro atoms. The van der Waals surface area contributed by atoms with Gasteiger partial charge in [0.1, 0.15) is 16.7 Å². The van der Waals surface area contributed by atoms with Crippen molar-refractivity contribution in [3.05, 3.63) is 23.9 Å². The van der Waals surface area contributed by atoms with Gasteiger partial charge in [-0.25, -0.2) is 4.98 Å². The molecule has 3 aromatic rings. The summed E-state index contributed by atoms with van der Waals surface area (Å²) in [6.45, 7) is 7.28. The van der Waals surface area contributed by atoms with Crippen LogP contribution in [0.15, 0.2) is 18.3 Å². The number of carbonyl (C=O) groups is 1. The van der Waals surface area contributed by atoms with Crippen LogP contribution in [0.4, 0.5) is 23.1 Å². The second kappa shape index (κ2) is 6.98. The number of carbonyl (C=O) groups excluding carboxylic acids is 1. The minimum absolute atomic E-state index is 0.0931. The summed E-state index contributed by atoms with van der Waals surface area (Å²) in [6.07, 6.45) is 2.89. The maximum absolute atomic E-state index is 12.6. The molecule has 10 heteroatoms. The third kappa shape index (κ3) is 3.33. The van der Waals surface area contributed by atoms with Gasteiger partial charge in [0, 0.05) is 26.9 Å². The molecule has 0 radical (unpaired) electrons. The monoisotopic (exact) mass is 439 g/mol. The van der Waals surface area contributed by atoms with Crippen LogP contribution in [0, 0.1) is 6.92 Å². The molecule has 0 bridgehead atoms. The van der Waals surface area contributed by atoms with Gasteiger partial charge in [0.05, 0.1) is 24.5 Å². The lowest BCUT2D eigenvalue weighted by Crippen LogP contribution is -2.48. The van der Waals surface area contributed by atoms with E-state index in [4.69, 9.17) is 4.98 Å². The molecule has 0 aliphatic carbocycles. The molecule has 2 aromatic heterocycles. The van der Waals surface area contributed by atoms with Crippen molar-refractivity contribution in [3.8, 4) is 0 Å². The Hall–Kier alpha value is -2.59. The number of likely N-dealkylation sites (N-methyl/N-ethyl adjacent to an activating group) is 1. The van der Waals surface area contributed by atoms with Crippen LogP contribution in [-0.4, -0.2) is 52.3 Å². The maximum Gasteiger partial charge on any atom is 0.246 e. The van der Waals surface area contributed by atoms with Crippen molar-refractivity contribution < 1.29 is 4.79 Å². The number of aromatic nitrogens is 4. The van der Waals surface area contributed by atoms with Gasteiger partial charge in [0.25, 0.3) is 0 Å². The van der Waals surface area contributed by atoms with Gasteiger partial charge >= 0.3 is 0 Å². The third-order valence-electron chi connectivity index (χ3n) is 6.29. The van der Waals surface area contributed by atoms with Crippen molar-refractivity contribution in [2.45, 2.75) is 44.6 Å². The Labute approximate surface area is 180 Å². The Morgan fingerprint density at radius 3 is 2.73 bits per heavy atom. The van der Waals surface area contributed by atoms with Crippen molar-refractivity contribution in [2.24, 2.45) is 0 Å². The average molecular weight is 440 g/mol. The van der Waals surface area contributed by atoms with Crippen LogP contribution in [0.25, 0.3) is 11.0 Å². The SMILES string of the molecule is Cc1cc2nsnc2cc1Nc1ncc2c(n1)N(C1CC[Si](C)(C)C1)CC(=O)N2C. The highest BCUT2D eigenvalue weighted by molar-refractivity contribution is 7.00. The van der Waals surface area contributed by atoms with Crippen LogP contribution in [0.3, 0.4) is 0 Å². The summed E-state index contributed by atoms with van der Waals surface area (Å²) >= 11 is 1.21. The Balaban J connectivity index is 1.50. The van der Waals surface area contributed by atoms with Gasteiger partial charge in [0.15, 0.2) is 5.82 Å². The Morgan fingerprint density at radius 2 is 2.00 bits per heavy atom. The summed E-state index contributed by atoms with van der Waals surface area (Å²) in [7, 11) is 0.615. The Morgan fingerprint density at radius 1 is 1.23 bits per heavy atom. The Bertz CT molecular complexity index is 1150. The zero-order valence-electron chi connectivity index (χ0n) is 17.6. The lowest BCUT2D eigenvalue weighted by molar-refractivity contribution is -0.117. The lowest BCUT2D eigenvalue weighted by Gasteiger charge is -2.38. The summed E-state index contributed by atoms with van der Waals surface area (Å²) in [6, 6.07) is 6.87. The highest BCUT2D eigenvalue weighted by Gasteiger charge is 2.40. The zero-order chi connectivity index (χ0) is 21.0. The van der Waals surface area contributed by atoms with E-state index in [0.29, 0.717) is 18.5 Å². The van der Waals surface area contributed by atoms with E-state index in [1.807, 2.05) is 19.1 Å². The fourth-order valence-electron chi connectivity index (χ4n) is 4.49. The number of fused-ring (bicyclic) bond motifs is 2. The second-order valence-corrected chi connectivity index (χ2v) is 14.9. The number of anilines is 4. The molecule has 1 aromatic carbocycles. The van der Waals surface area contributed by atoms with Crippen LogP contribution in [-0.2, 0) is 4.79 Å². The molecule has 1 amide bonds. The third-order valence-corrected chi connectivity index (χ3v) is 10.1. The number of nitrogens with one attached hydrogen (secondary N) is 1. The van der Waals surface area contributed by atoms with Gasteiger partial charge in [-0.3, -0.25) is 4.79 Å². The molecule has 1 atom stereocenters. The molecule has 5 rings (SSSR count). The predicted molar refractivity (Wildman–Crippen MR) is 124 cm³/mol. The first-order chi connectivity index (χ1) is 14.3. The quantitative estimate of drug-likeness (QED) is 0.621. The molecule has 4 heterocycles. The van der Waals surface area contributed by atoms with Crippen molar-refractivity contribution in [1.82, 2.24) is 18.7 Å². The second-order valence-electron chi connectivity index (χ2n) is 9.09. The highest BCUT2D eigenvalue weighted by atomic mass is 32.1. The molecule has 2 aliphatic heterocycles. The largest absolute Gasteiger partial charge is 0.343 e. The molecular formula is C20H25N7OSSi. The van der Waals surface area contributed by atoms with E-state index in [-0.39, 0.29) is 5.91 Å². The summed E-state index contributed by atoms with van der Waals surface area (Å²) in [5, 5.41) is 3.35. The standard InChI is InChI=1S/C20H25N7OSSi/c1-12-7-15-16(25-29-24-15)8-14(12)22-20-21-9-17-19(23-20)27(10-18(28)26(17)2)13-5-6-30(3,4)11-13/h7-9,13H,5-6,10-11H2,1-4H3,(H,21,22,23). The summed E-state index contributed by atoms with van der Waals surface area (Å²) in [4.78, 5) is 25.9. The van der Waals surface area contributed by atoms with E-state index < -0.39 is 8.07 Å². The number of hydrogen-bond donors (Lipinski definition) is 1. The smallest absolute Gasteiger partial charge is 0.246 e. The molecule has 2 aliphatic rings. The van der Waals surface area contributed by atoms with E-state index in [0.717, 1.165) is 40.2 Å². The van der Waals surface area contributed by atoms with Crippen LogP contribution in [0.2, 0.25) is 25.2 Å². The number of benzene rings is 1. The van der Waals surface area contributed by atoms with Crippen molar-refractivity contribution in [2.75, 3.05) is 28.7 Å². The first-order valence-corrected chi connectivity index (χ1v) is 14.4. The average Bonchev–Trinajstić information content (AvgIpc) is 3.30. The first-order valence-electron chi connectivity index (χ1n) is 10.2. The van der Waals surface area contributed by atoms with E-state index in [2.05, 4.69) is 37.0 Å². The molecule has 1 unspecified atom stereocenters. The molecule has 8 nitrogen and oxygen atoms in total. The van der Waals surface area contributed by atoms with Crippen molar-refractivity contribution in [1.29, 1.82) is 0 Å². The van der Waals surface area contributed by atoms with E-state index in [1.54, 1.807) is 18.1 Å². The summed E-state index contributed by atoms with van der Waals surface area (Å²) in [5.74, 6) is 1.47. The maximum atomic E-state index is 12.6. The summed E-state index contributed by atoms with van der Waals surface area (Å²) in [5.41, 5.74) is 4.50. The van der Waals surface area contributed by atoms with E-state index in [9.17, 15) is 4.79 Å². The molecule has 30 heavy (non-hydrogen) atoms.